The molecule has 0 atom stereocenters. The first-order valence-electron chi connectivity index (χ1n) is 6.16. The average Bonchev–Trinajstić information content (AvgIpc) is 2.98. The molecule has 9 heteroatoms. The van der Waals surface area contributed by atoms with Crippen LogP contribution in [0.5, 0.6) is 5.75 Å². The Hall–Kier alpha value is -2.97. The fourth-order valence-corrected chi connectivity index (χ4v) is 1.74. The first kappa shape index (κ1) is 14.4. The summed E-state index contributed by atoms with van der Waals surface area (Å²) in [5, 5.41) is 19.8. The van der Waals surface area contributed by atoms with E-state index >= 15 is 0 Å². The van der Waals surface area contributed by atoms with Gasteiger partial charge in [-0.15, -0.1) is 0 Å². The van der Waals surface area contributed by atoms with Crippen LogP contribution in [0.25, 0.3) is 0 Å². The number of nitro groups is 1. The van der Waals surface area contributed by atoms with Gasteiger partial charge in [-0.1, -0.05) is 6.07 Å². The lowest BCUT2D eigenvalue weighted by atomic mass is 10.1. The molecule has 1 heterocycles. The van der Waals surface area contributed by atoms with E-state index in [4.69, 9.17) is 4.74 Å². The summed E-state index contributed by atoms with van der Waals surface area (Å²) in [6.07, 6.45) is 1.30. The van der Waals surface area contributed by atoms with Gasteiger partial charge in [0.2, 0.25) is 0 Å². The zero-order chi connectivity index (χ0) is 15.2. The Morgan fingerprint density at radius 3 is 2.95 bits per heavy atom. The Balaban J connectivity index is 2.26. The number of aromatic nitrogens is 3. The maximum absolute atomic E-state index is 12.2. The summed E-state index contributed by atoms with van der Waals surface area (Å²) in [6, 6.07) is 4.24. The van der Waals surface area contributed by atoms with Crippen molar-refractivity contribution in [3.05, 3.63) is 46.0 Å². The number of ether oxygens (including phenoxy) is 1. The van der Waals surface area contributed by atoms with Gasteiger partial charge in [-0.25, -0.2) is 4.98 Å². The van der Waals surface area contributed by atoms with Crippen molar-refractivity contribution in [2.75, 3.05) is 6.61 Å². The zero-order valence-corrected chi connectivity index (χ0v) is 11.2. The third-order valence-electron chi connectivity index (χ3n) is 2.61. The van der Waals surface area contributed by atoms with E-state index in [1.54, 1.807) is 6.92 Å². The van der Waals surface area contributed by atoms with E-state index in [0.717, 1.165) is 0 Å². The summed E-state index contributed by atoms with van der Waals surface area (Å²) in [6.45, 7) is 2.11. The molecule has 0 bridgehead atoms. The lowest BCUT2D eigenvalue weighted by Crippen LogP contribution is -2.25. The number of hydrogen-bond donors (Lipinski definition) is 2. The van der Waals surface area contributed by atoms with Crippen molar-refractivity contribution in [3.63, 3.8) is 0 Å². The molecule has 0 fully saturated rings. The highest BCUT2D eigenvalue weighted by molar-refractivity contribution is 6.00. The van der Waals surface area contributed by atoms with Crippen molar-refractivity contribution in [1.29, 1.82) is 0 Å². The van der Waals surface area contributed by atoms with Crippen LogP contribution < -0.4 is 10.1 Å². The minimum Gasteiger partial charge on any atom is -0.493 e. The van der Waals surface area contributed by atoms with Crippen LogP contribution in [0.4, 0.5) is 5.69 Å². The largest absolute Gasteiger partial charge is 0.493 e. The molecule has 0 unspecified atom stereocenters. The van der Waals surface area contributed by atoms with E-state index in [2.05, 4.69) is 20.5 Å². The number of carbonyl (C=O) groups is 1. The number of carbonyl (C=O) groups excluding carboxylic acids is 1. The molecule has 2 N–H and O–H groups in total. The molecule has 0 saturated heterocycles. The molecule has 0 aliphatic carbocycles. The molecule has 0 radical (unpaired) electrons. The van der Waals surface area contributed by atoms with Gasteiger partial charge in [-0.3, -0.25) is 20.0 Å². The molecule has 21 heavy (non-hydrogen) atoms. The molecule has 1 aromatic carbocycles. The van der Waals surface area contributed by atoms with Crippen molar-refractivity contribution >= 4 is 11.6 Å². The standard InChI is InChI=1S/C12H13N5O4/c1-2-21-9-5-3-4-8(17(19)20)11(9)12(18)13-6-10-14-7-15-16-10/h3-5,7H,2,6H2,1H3,(H,13,18)(H,14,15,16). The Morgan fingerprint density at radius 1 is 1.52 bits per heavy atom. The molecule has 1 aromatic heterocycles. The summed E-state index contributed by atoms with van der Waals surface area (Å²) in [5.74, 6) is 0.00353. The maximum atomic E-state index is 12.2. The van der Waals surface area contributed by atoms with Gasteiger partial charge in [0.05, 0.1) is 18.1 Å². The van der Waals surface area contributed by atoms with Gasteiger partial charge in [0.15, 0.2) is 5.56 Å². The van der Waals surface area contributed by atoms with Crippen molar-refractivity contribution in [2.45, 2.75) is 13.5 Å². The average molecular weight is 291 g/mol. The monoisotopic (exact) mass is 291 g/mol. The maximum Gasteiger partial charge on any atom is 0.285 e. The van der Waals surface area contributed by atoms with Crippen LogP contribution in [0.2, 0.25) is 0 Å². The first-order chi connectivity index (χ1) is 10.1. The number of nitro benzene ring substituents is 1. The SMILES string of the molecule is CCOc1cccc([N+](=O)[O-])c1C(=O)NCc1ncn[nH]1. The number of rotatable bonds is 6. The van der Waals surface area contributed by atoms with Crippen molar-refractivity contribution in [3.8, 4) is 5.75 Å². The van der Waals surface area contributed by atoms with Gasteiger partial charge in [0.1, 0.15) is 17.9 Å². The highest BCUT2D eigenvalue weighted by Gasteiger charge is 2.25. The summed E-state index contributed by atoms with van der Waals surface area (Å²) in [5.41, 5.74) is -0.417. The molecule has 2 aromatic rings. The first-order valence-corrected chi connectivity index (χ1v) is 6.16. The lowest BCUT2D eigenvalue weighted by molar-refractivity contribution is -0.385. The van der Waals surface area contributed by atoms with E-state index in [-0.39, 0.29) is 23.5 Å². The smallest absolute Gasteiger partial charge is 0.285 e. The number of nitrogens with one attached hydrogen (secondary N) is 2. The Kier molecular flexibility index (Phi) is 4.44. The van der Waals surface area contributed by atoms with E-state index in [9.17, 15) is 14.9 Å². The highest BCUT2D eigenvalue weighted by Crippen LogP contribution is 2.28. The van der Waals surface area contributed by atoms with Crippen LogP contribution in [0.1, 0.15) is 23.1 Å². The van der Waals surface area contributed by atoms with Crippen molar-refractivity contribution in [1.82, 2.24) is 20.5 Å². The molecular formula is C12H13N5O4. The minimum absolute atomic E-state index is 0.0798. The van der Waals surface area contributed by atoms with Gasteiger partial charge in [-0.2, -0.15) is 5.10 Å². The second-order valence-electron chi connectivity index (χ2n) is 3.96. The summed E-state index contributed by atoms with van der Waals surface area (Å²) < 4.78 is 5.28. The van der Waals surface area contributed by atoms with Gasteiger partial charge < -0.3 is 10.1 Å². The quantitative estimate of drug-likeness (QED) is 0.605. The second-order valence-corrected chi connectivity index (χ2v) is 3.96. The fourth-order valence-electron chi connectivity index (χ4n) is 1.74. The second kappa shape index (κ2) is 6.46. The highest BCUT2D eigenvalue weighted by atomic mass is 16.6. The van der Waals surface area contributed by atoms with Crippen LogP contribution in [-0.4, -0.2) is 32.6 Å². The Morgan fingerprint density at radius 2 is 2.33 bits per heavy atom. The predicted octanol–water partition coefficient (Wildman–Crippen LogP) is 1.04. The van der Waals surface area contributed by atoms with Gasteiger partial charge >= 0.3 is 0 Å². The van der Waals surface area contributed by atoms with Crippen LogP contribution in [0.15, 0.2) is 24.5 Å². The molecule has 0 aliphatic heterocycles. The van der Waals surface area contributed by atoms with Crippen LogP contribution in [0, 0.1) is 10.1 Å². The third kappa shape index (κ3) is 3.32. The summed E-state index contributed by atoms with van der Waals surface area (Å²) in [4.78, 5) is 26.5. The summed E-state index contributed by atoms with van der Waals surface area (Å²) in [7, 11) is 0. The number of hydrogen-bond acceptors (Lipinski definition) is 6. The van der Waals surface area contributed by atoms with Gasteiger partial charge in [0.25, 0.3) is 11.6 Å². The molecular weight excluding hydrogens is 278 g/mol. The summed E-state index contributed by atoms with van der Waals surface area (Å²) >= 11 is 0. The third-order valence-corrected chi connectivity index (χ3v) is 2.61. The molecule has 1 amide bonds. The molecule has 9 nitrogen and oxygen atoms in total. The van der Waals surface area contributed by atoms with E-state index < -0.39 is 10.8 Å². The number of nitrogens with zero attached hydrogens (tertiary/aromatic N) is 3. The molecule has 0 saturated carbocycles. The van der Waals surface area contributed by atoms with Crippen LogP contribution >= 0.6 is 0 Å². The zero-order valence-electron chi connectivity index (χ0n) is 11.2. The number of aromatic amines is 1. The lowest BCUT2D eigenvalue weighted by Gasteiger charge is -2.10. The molecule has 2 rings (SSSR count). The Labute approximate surface area is 119 Å². The number of benzene rings is 1. The number of H-pyrrole nitrogens is 1. The van der Waals surface area contributed by atoms with Gasteiger partial charge in [-0.05, 0) is 13.0 Å². The Bertz CT molecular complexity index is 641. The molecule has 0 aliphatic rings. The minimum atomic E-state index is -0.619. The topological polar surface area (TPSA) is 123 Å². The fraction of sp³-hybridized carbons (Fsp3) is 0.250. The van der Waals surface area contributed by atoms with E-state index in [1.165, 1.54) is 24.5 Å². The van der Waals surface area contributed by atoms with Crippen LogP contribution in [-0.2, 0) is 6.54 Å². The van der Waals surface area contributed by atoms with E-state index in [0.29, 0.717) is 12.4 Å². The van der Waals surface area contributed by atoms with E-state index in [1.807, 2.05) is 0 Å². The molecule has 0 spiro atoms. The number of amides is 1. The van der Waals surface area contributed by atoms with Gasteiger partial charge in [0, 0.05) is 6.07 Å². The molecule has 110 valence electrons. The van der Waals surface area contributed by atoms with Crippen molar-refractivity contribution in [2.24, 2.45) is 0 Å². The predicted molar refractivity (Wildman–Crippen MR) is 71.8 cm³/mol. The normalized spacial score (nSPS) is 10.1. The van der Waals surface area contributed by atoms with Crippen molar-refractivity contribution < 1.29 is 14.5 Å². The van der Waals surface area contributed by atoms with Crippen LogP contribution in [0.3, 0.4) is 0 Å².